The third kappa shape index (κ3) is 7.17. The number of hydrogen-bond donors (Lipinski definition) is 2. The minimum Gasteiger partial charge on any atom is -0.370 e. The van der Waals surface area contributed by atoms with Gasteiger partial charge in [-0.3, -0.25) is 4.79 Å². The zero-order valence-corrected chi connectivity index (χ0v) is 9.43. The molecule has 0 saturated heterocycles. The van der Waals surface area contributed by atoms with Gasteiger partial charge >= 0.3 is 6.18 Å². The van der Waals surface area contributed by atoms with E-state index in [2.05, 4.69) is 10.1 Å². The number of alkyl halides is 3. The van der Waals surface area contributed by atoms with Crippen molar-refractivity contribution in [3.05, 3.63) is 0 Å². The zero-order valence-electron chi connectivity index (χ0n) is 9.43. The SMILES string of the molecule is NC(CC(=O)NCCOCC(F)(F)F)C1CC1. The minimum atomic E-state index is -4.32. The highest BCUT2D eigenvalue weighted by Crippen LogP contribution is 2.32. The standard InChI is InChI=1S/C10H17F3N2O2/c11-10(12,13)6-17-4-3-15-9(16)5-8(14)7-1-2-7/h7-8H,1-6,14H2,(H,15,16). The number of nitrogens with one attached hydrogen (secondary N) is 1. The number of ether oxygens (including phenoxy) is 1. The van der Waals surface area contributed by atoms with Gasteiger partial charge in [0, 0.05) is 19.0 Å². The average molecular weight is 254 g/mol. The van der Waals surface area contributed by atoms with Crippen molar-refractivity contribution in [2.24, 2.45) is 11.7 Å². The second-order valence-electron chi connectivity index (χ2n) is 4.22. The molecular weight excluding hydrogens is 237 g/mol. The van der Waals surface area contributed by atoms with Crippen molar-refractivity contribution in [3.63, 3.8) is 0 Å². The molecule has 0 aromatic carbocycles. The Morgan fingerprint density at radius 2 is 2.12 bits per heavy atom. The van der Waals surface area contributed by atoms with E-state index >= 15 is 0 Å². The largest absolute Gasteiger partial charge is 0.411 e. The Bertz CT molecular complexity index is 254. The van der Waals surface area contributed by atoms with Gasteiger partial charge in [-0.15, -0.1) is 0 Å². The number of amides is 1. The predicted octanol–water partition coefficient (Wildman–Crippen LogP) is 0.809. The first-order valence-corrected chi connectivity index (χ1v) is 5.55. The maximum atomic E-state index is 11.7. The van der Waals surface area contributed by atoms with E-state index in [1.165, 1.54) is 0 Å². The van der Waals surface area contributed by atoms with Crippen LogP contribution in [0.2, 0.25) is 0 Å². The Morgan fingerprint density at radius 1 is 1.47 bits per heavy atom. The van der Waals surface area contributed by atoms with Gasteiger partial charge < -0.3 is 15.8 Å². The lowest BCUT2D eigenvalue weighted by molar-refractivity contribution is -0.173. The molecule has 1 fully saturated rings. The molecule has 100 valence electrons. The van der Waals surface area contributed by atoms with Crippen LogP contribution >= 0.6 is 0 Å². The Balaban J connectivity index is 1.96. The van der Waals surface area contributed by atoms with Gasteiger partial charge in [0.15, 0.2) is 0 Å². The fourth-order valence-corrected chi connectivity index (χ4v) is 1.43. The second kappa shape index (κ2) is 6.20. The Hall–Kier alpha value is -0.820. The van der Waals surface area contributed by atoms with Crippen LogP contribution in [-0.2, 0) is 9.53 Å². The van der Waals surface area contributed by atoms with Gasteiger partial charge in [-0.05, 0) is 18.8 Å². The molecule has 0 bridgehead atoms. The van der Waals surface area contributed by atoms with Crippen LogP contribution in [0.4, 0.5) is 13.2 Å². The van der Waals surface area contributed by atoms with Crippen LogP contribution in [0.15, 0.2) is 0 Å². The third-order valence-electron chi connectivity index (χ3n) is 2.48. The molecule has 1 unspecified atom stereocenters. The lowest BCUT2D eigenvalue weighted by Crippen LogP contribution is -2.34. The van der Waals surface area contributed by atoms with Gasteiger partial charge in [0.05, 0.1) is 6.61 Å². The lowest BCUT2D eigenvalue weighted by atomic mass is 10.1. The summed E-state index contributed by atoms with van der Waals surface area (Å²) in [6, 6.07) is -0.133. The van der Waals surface area contributed by atoms with Crippen molar-refractivity contribution in [2.75, 3.05) is 19.8 Å². The van der Waals surface area contributed by atoms with Crippen LogP contribution in [0.3, 0.4) is 0 Å². The first-order valence-electron chi connectivity index (χ1n) is 5.55. The summed E-state index contributed by atoms with van der Waals surface area (Å²) in [6.45, 7) is -1.36. The molecule has 0 heterocycles. The summed E-state index contributed by atoms with van der Waals surface area (Å²) < 4.78 is 39.4. The Morgan fingerprint density at radius 3 is 2.65 bits per heavy atom. The molecule has 17 heavy (non-hydrogen) atoms. The number of carbonyl (C=O) groups is 1. The maximum Gasteiger partial charge on any atom is 0.411 e. The smallest absolute Gasteiger partial charge is 0.370 e. The molecule has 0 aliphatic heterocycles. The van der Waals surface area contributed by atoms with Crippen LogP contribution in [-0.4, -0.2) is 37.9 Å². The van der Waals surface area contributed by atoms with Crippen molar-refractivity contribution < 1.29 is 22.7 Å². The van der Waals surface area contributed by atoms with E-state index in [4.69, 9.17) is 5.73 Å². The van der Waals surface area contributed by atoms with E-state index in [1.807, 2.05) is 0 Å². The molecule has 1 atom stereocenters. The van der Waals surface area contributed by atoms with E-state index in [1.54, 1.807) is 0 Å². The van der Waals surface area contributed by atoms with Crippen molar-refractivity contribution in [1.29, 1.82) is 0 Å². The molecule has 4 nitrogen and oxygen atoms in total. The molecule has 0 aromatic heterocycles. The quantitative estimate of drug-likeness (QED) is 0.661. The number of nitrogens with two attached hydrogens (primary N) is 1. The monoisotopic (exact) mass is 254 g/mol. The summed E-state index contributed by atoms with van der Waals surface area (Å²) in [6.07, 6.45) is -1.98. The Kier molecular flexibility index (Phi) is 5.20. The molecule has 1 amide bonds. The molecule has 3 N–H and O–H groups in total. The van der Waals surface area contributed by atoms with Crippen LogP contribution in [0, 0.1) is 5.92 Å². The minimum absolute atomic E-state index is 0.0757. The van der Waals surface area contributed by atoms with Gasteiger partial charge in [-0.25, -0.2) is 0 Å². The first kappa shape index (κ1) is 14.2. The summed E-state index contributed by atoms with van der Waals surface area (Å²) in [5.41, 5.74) is 5.73. The fourth-order valence-electron chi connectivity index (χ4n) is 1.43. The van der Waals surface area contributed by atoms with Crippen molar-refractivity contribution >= 4 is 5.91 Å². The summed E-state index contributed by atoms with van der Waals surface area (Å²) in [4.78, 5) is 11.3. The number of halogens is 3. The van der Waals surface area contributed by atoms with Crippen LogP contribution in [0.1, 0.15) is 19.3 Å². The highest BCUT2D eigenvalue weighted by Gasteiger charge is 2.29. The number of rotatable bonds is 7. The maximum absolute atomic E-state index is 11.7. The van der Waals surface area contributed by atoms with Gasteiger partial charge in [0.1, 0.15) is 6.61 Å². The van der Waals surface area contributed by atoms with Gasteiger partial charge in [-0.1, -0.05) is 0 Å². The molecule has 1 aliphatic carbocycles. The van der Waals surface area contributed by atoms with Crippen LogP contribution in [0.25, 0.3) is 0 Å². The number of carbonyl (C=O) groups excluding carboxylic acids is 1. The van der Waals surface area contributed by atoms with E-state index in [0.29, 0.717) is 5.92 Å². The molecule has 1 aliphatic rings. The van der Waals surface area contributed by atoms with E-state index in [0.717, 1.165) is 12.8 Å². The summed E-state index contributed by atoms with van der Waals surface area (Å²) >= 11 is 0. The molecule has 0 radical (unpaired) electrons. The van der Waals surface area contributed by atoms with Crippen LogP contribution < -0.4 is 11.1 Å². The van der Waals surface area contributed by atoms with E-state index < -0.39 is 12.8 Å². The topological polar surface area (TPSA) is 64.4 Å². The highest BCUT2D eigenvalue weighted by molar-refractivity contribution is 5.76. The molecule has 1 rings (SSSR count). The first-order chi connectivity index (χ1) is 7.88. The third-order valence-corrected chi connectivity index (χ3v) is 2.48. The van der Waals surface area contributed by atoms with Gasteiger partial charge in [0.2, 0.25) is 5.91 Å². The van der Waals surface area contributed by atoms with Crippen molar-refractivity contribution in [3.8, 4) is 0 Å². The van der Waals surface area contributed by atoms with E-state index in [-0.39, 0.29) is 31.5 Å². The normalized spacial score (nSPS) is 17.9. The number of hydrogen-bond acceptors (Lipinski definition) is 3. The molecule has 0 aromatic rings. The van der Waals surface area contributed by atoms with Crippen LogP contribution in [0.5, 0.6) is 0 Å². The van der Waals surface area contributed by atoms with E-state index in [9.17, 15) is 18.0 Å². The summed E-state index contributed by atoms with van der Waals surface area (Å²) in [5.74, 6) is 0.197. The summed E-state index contributed by atoms with van der Waals surface area (Å²) in [5, 5.41) is 2.47. The molecule has 7 heteroatoms. The zero-order chi connectivity index (χ0) is 12.9. The predicted molar refractivity (Wildman–Crippen MR) is 55.2 cm³/mol. The molecular formula is C10H17F3N2O2. The Labute approximate surface area is 97.7 Å². The highest BCUT2D eigenvalue weighted by atomic mass is 19.4. The average Bonchev–Trinajstić information content (AvgIpc) is 2.97. The second-order valence-corrected chi connectivity index (χ2v) is 4.22. The molecule has 0 spiro atoms. The summed E-state index contributed by atoms with van der Waals surface area (Å²) in [7, 11) is 0. The van der Waals surface area contributed by atoms with Crippen molar-refractivity contribution in [2.45, 2.75) is 31.5 Å². The fraction of sp³-hybridized carbons (Fsp3) is 0.900. The lowest BCUT2D eigenvalue weighted by Gasteiger charge is -2.11. The van der Waals surface area contributed by atoms with Gasteiger partial charge in [-0.2, -0.15) is 13.2 Å². The molecule has 1 saturated carbocycles. The van der Waals surface area contributed by atoms with Gasteiger partial charge in [0.25, 0.3) is 0 Å². The van der Waals surface area contributed by atoms with Crippen molar-refractivity contribution in [1.82, 2.24) is 5.32 Å².